The van der Waals surface area contributed by atoms with Crippen molar-refractivity contribution in [2.45, 2.75) is 6.54 Å². The van der Waals surface area contributed by atoms with Crippen LogP contribution in [0, 0.1) is 0 Å². The van der Waals surface area contributed by atoms with E-state index in [2.05, 4.69) is 25.4 Å². The van der Waals surface area contributed by atoms with E-state index in [0.29, 0.717) is 18.8 Å². The van der Waals surface area contributed by atoms with Crippen molar-refractivity contribution >= 4 is 28.6 Å². The zero-order valence-electron chi connectivity index (χ0n) is 13.6. The molecule has 0 radical (unpaired) electrons. The molecule has 4 heterocycles. The van der Waals surface area contributed by atoms with Gasteiger partial charge in [0.15, 0.2) is 0 Å². The van der Waals surface area contributed by atoms with Gasteiger partial charge in [-0.15, -0.1) is 22.7 Å². The Bertz CT molecular complexity index is 980. The molecule has 4 aromatic rings. The normalized spacial score (nSPS) is 10.8. The van der Waals surface area contributed by atoms with Crippen LogP contribution in [0.25, 0.3) is 21.8 Å². The van der Waals surface area contributed by atoms with Gasteiger partial charge >= 0.3 is 0 Å². The minimum absolute atomic E-state index is 0.176. The molecular weight excluding hydrogens is 368 g/mol. The van der Waals surface area contributed by atoms with E-state index >= 15 is 0 Å². The summed E-state index contributed by atoms with van der Waals surface area (Å²) >= 11 is 3.03. The van der Waals surface area contributed by atoms with Gasteiger partial charge in [-0.1, -0.05) is 6.07 Å². The molecule has 0 aromatic carbocycles. The van der Waals surface area contributed by atoms with E-state index in [1.807, 2.05) is 22.2 Å². The summed E-state index contributed by atoms with van der Waals surface area (Å²) in [4.78, 5) is 25.7. The van der Waals surface area contributed by atoms with Gasteiger partial charge in [0.1, 0.15) is 5.69 Å². The summed E-state index contributed by atoms with van der Waals surface area (Å²) in [7, 11) is 0. The monoisotopic (exact) mass is 382 g/mol. The third-order valence-corrected chi connectivity index (χ3v) is 5.17. The minimum Gasteiger partial charge on any atom is -0.349 e. The Morgan fingerprint density at radius 3 is 2.92 bits per heavy atom. The minimum atomic E-state index is -0.176. The number of aromatic nitrogens is 5. The van der Waals surface area contributed by atoms with Crippen LogP contribution in [0.5, 0.6) is 0 Å². The van der Waals surface area contributed by atoms with Crippen LogP contribution in [0.1, 0.15) is 10.5 Å². The van der Waals surface area contributed by atoms with Crippen LogP contribution in [0.3, 0.4) is 0 Å². The molecule has 0 bridgehead atoms. The molecule has 0 spiro atoms. The molecule has 4 aromatic heterocycles. The van der Waals surface area contributed by atoms with Crippen molar-refractivity contribution in [2.75, 3.05) is 6.54 Å². The summed E-state index contributed by atoms with van der Waals surface area (Å²) in [5.41, 5.74) is 4.75. The maximum atomic E-state index is 12.0. The van der Waals surface area contributed by atoms with Gasteiger partial charge in [-0.25, -0.2) is 4.98 Å². The summed E-state index contributed by atoms with van der Waals surface area (Å²) in [6.45, 7) is 1.000. The van der Waals surface area contributed by atoms with E-state index in [1.165, 1.54) is 11.3 Å². The number of carbonyl (C=O) groups excluding carboxylic acids is 1. The highest BCUT2D eigenvalue weighted by Crippen LogP contribution is 2.33. The molecule has 4 rings (SSSR count). The summed E-state index contributed by atoms with van der Waals surface area (Å²) in [5, 5.41) is 11.1. The highest BCUT2D eigenvalue weighted by Gasteiger charge is 2.17. The summed E-state index contributed by atoms with van der Waals surface area (Å²) in [5.74, 6) is -0.176. The first kappa shape index (κ1) is 16.6. The Morgan fingerprint density at radius 2 is 2.19 bits per heavy atom. The number of rotatable bonds is 6. The van der Waals surface area contributed by atoms with Crippen molar-refractivity contribution in [1.82, 2.24) is 30.0 Å². The maximum Gasteiger partial charge on any atom is 0.270 e. The molecule has 0 atom stereocenters. The molecule has 0 aliphatic rings. The standard InChI is InChI=1S/C17H14N6OS2/c24-17(14-10-25-11-21-14)20-5-6-23-16(15-2-1-7-26-15)12(8-22-23)13-9-18-3-4-19-13/h1-4,7-11H,5-6H2,(H,20,24). The number of amides is 1. The third kappa shape index (κ3) is 3.39. The molecule has 0 saturated heterocycles. The van der Waals surface area contributed by atoms with Gasteiger partial charge in [-0.2, -0.15) is 5.10 Å². The molecule has 0 saturated carbocycles. The van der Waals surface area contributed by atoms with E-state index in [9.17, 15) is 4.79 Å². The lowest BCUT2D eigenvalue weighted by Gasteiger charge is -2.09. The number of nitrogens with zero attached hydrogens (tertiary/aromatic N) is 5. The number of thiazole rings is 1. The molecule has 0 unspecified atom stereocenters. The highest BCUT2D eigenvalue weighted by atomic mass is 32.1. The van der Waals surface area contributed by atoms with E-state index < -0.39 is 0 Å². The second-order valence-corrected chi connectivity index (χ2v) is 6.99. The van der Waals surface area contributed by atoms with Crippen LogP contribution in [0.4, 0.5) is 0 Å². The number of nitrogens with one attached hydrogen (secondary N) is 1. The van der Waals surface area contributed by atoms with Crippen LogP contribution >= 0.6 is 22.7 Å². The maximum absolute atomic E-state index is 12.0. The second kappa shape index (κ2) is 7.54. The van der Waals surface area contributed by atoms with Gasteiger partial charge in [-0.05, 0) is 11.4 Å². The number of hydrogen-bond donors (Lipinski definition) is 1. The quantitative estimate of drug-likeness (QED) is 0.554. The van der Waals surface area contributed by atoms with Gasteiger partial charge in [0.05, 0.1) is 40.7 Å². The fourth-order valence-corrected chi connectivity index (χ4v) is 3.86. The largest absolute Gasteiger partial charge is 0.349 e. The fraction of sp³-hybridized carbons (Fsp3) is 0.118. The van der Waals surface area contributed by atoms with Crippen molar-refractivity contribution in [1.29, 1.82) is 0 Å². The summed E-state index contributed by atoms with van der Waals surface area (Å²) in [6.07, 6.45) is 6.83. The fourth-order valence-electron chi connectivity index (χ4n) is 2.54. The Kier molecular flexibility index (Phi) is 4.80. The van der Waals surface area contributed by atoms with Crippen molar-refractivity contribution in [2.24, 2.45) is 0 Å². The molecule has 26 heavy (non-hydrogen) atoms. The van der Waals surface area contributed by atoms with Gasteiger partial charge < -0.3 is 5.32 Å². The lowest BCUT2D eigenvalue weighted by molar-refractivity contribution is 0.0947. The zero-order chi connectivity index (χ0) is 17.8. The molecule has 7 nitrogen and oxygen atoms in total. The van der Waals surface area contributed by atoms with Crippen molar-refractivity contribution < 1.29 is 4.79 Å². The van der Waals surface area contributed by atoms with Crippen molar-refractivity contribution in [3.05, 3.63) is 58.9 Å². The lowest BCUT2D eigenvalue weighted by Crippen LogP contribution is -2.27. The van der Waals surface area contributed by atoms with E-state index in [0.717, 1.165) is 21.8 Å². The van der Waals surface area contributed by atoms with Crippen LogP contribution in [0.15, 0.2) is 53.2 Å². The molecule has 1 N–H and O–H groups in total. The van der Waals surface area contributed by atoms with Crippen LogP contribution in [-0.4, -0.2) is 37.2 Å². The Hall–Kier alpha value is -2.91. The molecule has 9 heteroatoms. The second-order valence-electron chi connectivity index (χ2n) is 5.33. The highest BCUT2D eigenvalue weighted by molar-refractivity contribution is 7.13. The van der Waals surface area contributed by atoms with E-state index in [-0.39, 0.29) is 5.91 Å². The van der Waals surface area contributed by atoms with Crippen molar-refractivity contribution in [3.8, 4) is 21.8 Å². The number of thiophene rings is 1. The molecule has 0 aliphatic carbocycles. The van der Waals surface area contributed by atoms with Crippen LogP contribution in [0.2, 0.25) is 0 Å². The topological polar surface area (TPSA) is 85.6 Å². The molecule has 1 amide bonds. The number of hydrogen-bond acceptors (Lipinski definition) is 7. The Balaban J connectivity index is 1.56. The first-order chi connectivity index (χ1) is 12.8. The lowest BCUT2D eigenvalue weighted by atomic mass is 10.1. The molecule has 130 valence electrons. The first-order valence-corrected chi connectivity index (χ1v) is 9.67. The predicted octanol–water partition coefficient (Wildman–Crippen LogP) is 2.96. The molecule has 0 fully saturated rings. The Labute approximate surface area is 157 Å². The van der Waals surface area contributed by atoms with Gasteiger partial charge in [0, 0.05) is 29.9 Å². The van der Waals surface area contributed by atoms with Gasteiger partial charge in [0.25, 0.3) is 5.91 Å². The van der Waals surface area contributed by atoms with Gasteiger partial charge in [-0.3, -0.25) is 19.4 Å². The zero-order valence-corrected chi connectivity index (χ0v) is 15.2. The SMILES string of the molecule is O=C(NCCn1ncc(-c2cnccn2)c1-c1cccs1)c1cscn1. The van der Waals surface area contributed by atoms with E-state index in [1.54, 1.807) is 47.0 Å². The van der Waals surface area contributed by atoms with Crippen molar-refractivity contribution in [3.63, 3.8) is 0 Å². The average Bonchev–Trinajstić information content (AvgIpc) is 3.42. The van der Waals surface area contributed by atoms with Crippen LogP contribution < -0.4 is 5.32 Å². The first-order valence-electron chi connectivity index (χ1n) is 7.85. The molecular formula is C17H14N6OS2. The van der Waals surface area contributed by atoms with Crippen LogP contribution in [-0.2, 0) is 6.54 Å². The van der Waals surface area contributed by atoms with E-state index in [4.69, 9.17) is 0 Å². The summed E-state index contributed by atoms with van der Waals surface area (Å²) < 4.78 is 1.89. The average molecular weight is 382 g/mol. The molecule has 0 aliphatic heterocycles. The Morgan fingerprint density at radius 1 is 1.23 bits per heavy atom. The summed E-state index contributed by atoms with van der Waals surface area (Å²) in [6, 6.07) is 4.05. The van der Waals surface area contributed by atoms with Gasteiger partial charge in [0.2, 0.25) is 0 Å². The third-order valence-electron chi connectivity index (χ3n) is 3.71. The number of carbonyl (C=O) groups is 1. The smallest absolute Gasteiger partial charge is 0.270 e. The predicted molar refractivity (Wildman–Crippen MR) is 101 cm³/mol.